The van der Waals surface area contributed by atoms with E-state index < -0.39 is 0 Å². The summed E-state index contributed by atoms with van der Waals surface area (Å²) in [6.07, 6.45) is 5.10. The monoisotopic (exact) mass is 335 g/mol. The Kier molecular flexibility index (Phi) is 4.59. The number of hydrogen-bond donors (Lipinski definition) is 1. The normalized spacial score (nSPS) is 24.9. The van der Waals surface area contributed by atoms with Gasteiger partial charge in [0.1, 0.15) is 5.69 Å². The number of nitrogens with zero attached hydrogens (tertiary/aromatic N) is 2. The SMILES string of the molecule is CCCC#Cc1ccc2c(C(=O)C[C@H]3CN4CCC3CC4)n[nH]c2c1. The van der Waals surface area contributed by atoms with Crippen molar-refractivity contribution >= 4 is 16.7 Å². The highest BCUT2D eigenvalue weighted by Crippen LogP contribution is 2.35. The first kappa shape index (κ1) is 16.4. The fourth-order valence-corrected chi connectivity index (χ4v) is 4.25. The van der Waals surface area contributed by atoms with Crippen LogP contribution in [0.25, 0.3) is 10.9 Å². The number of aromatic nitrogens is 2. The molecular weight excluding hydrogens is 310 g/mol. The molecule has 0 unspecified atom stereocenters. The van der Waals surface area contributed by atoms with E-state index in [1.54, 1.807) is 0 Å². The van der Waals surface area contributed by atoms with E-state index in [9.17, 15) is 4.79 Å². The molecule has 1 N–H and O–H groups in total. The standard InChI is InChI=1S/C21H25N3O/c1-2-3-4-5-15-6-7-18-19(12-15)22-23-21(18)20(25)13-17-14-24-10-8-16(17)9-11-24/h6-7,12,16-17H,2-3,8-11,13-14H2,1H3,(H,22,23)/t17-/m0/s1. The van der Waals surface area contributed by atoms with E-state index in [0.29, 0.717) is 18.0 Å². The first-order valence-corrected chi connectivity index (χ1v) is 9.47. The highest BCUT2D eigenvalue weighted by atomic mass is 16.1. The first-order valence-electron chi connectivity index (χ1n) is 9.47. The molecule has 3 saturated heterocycles. The highest BCUT2D eigenvalue weighted by Gasteiger charge is 2.35. The van der Waals surface area contributed by atoms with Crippen molar-refractivity contribution in [3.63, 3.8) is 0 Å². The largest absolute Gasteiger partial charge is 0.303 e. The van der Waals surface area contributed by atoms with Gasteiger partial charge in [0, 0.05) is 30.3 Å². The maximum Gasteiger partial charge on any atom is 0.184 e. The molecule has 2 bridgehead atoms. The van der Waals surface area contributed by atoms with Crippen LogP contribution in [-0.4, -0.2) is 40.5 Å². The Morgan fingerprint density at radius 1 is 1.36 bits per heavy atom. The second kappa shape index (κ2) is 7.01. The maximum absolute atomic E-state index is 12.8. The molecule has 3 aliphatic heterocycles. The zero-order chi connectivity index (χ0) is 17.2. The van der Waals surface area contributed by atoms with Gasteiger partial charge in [0.25, 0.3) is 0 Å². The highest BCUT2D eigenvalue weighted by molar-refractivity contribution is 6.06. The van der Waals surface area contributed by atoms with Crippen LogP contribution in [0.4, 0.5) is 0 Å². The summed E-state index contributed by atoms with van der Waals surface area (Å²) >= 11 is 0. The van der Waals surface area contributed by atoms with E-state index in [1.165, 1.54) is 25.9 Å². The minimum Gasteiger partial charge on any atom is -0.303 e. The van der Waals surface area contributed by atoms with E-state index in [-0.39, 0.29) is 5.78 Å². The number of fused-ring (bicyclic) bond motifs is 4. The van der Waals surface area contributed by atoms with E-state index in [0.717, 1.165) is 41.8 Å². The number of carbonyl (C=O) groups is 1. The van der Waals surface area contributed by atoms with Crippen molar-refractivity contribution in [3.8, 4) is 11.8 Å². The van der Waals surface area contributed by atoms with Crippen LogP contribution in [0.15, 0.2) is 18.2 Å². The summed E-state index contributed by atoms with van der Waals surface area (Å²) in [4.78, 5) is 15.3. The third-order valence-electron chi connectivity index (χ3n) is 5.67. The zero-order valence-electron chi connectivity index (χ0n) is 14.8. The van der Waals surface area contributed by atoms with Crippen LogP contribution in [-0.2, 0) is 0 Å². The maximum atomic E-state index is 12.8. The molecule has 0 spiro atoms. The second-order valence-electron chi connectivity index (χ2n) is 7.41. The summed E-state index contributed by atoms with van der Waals surface area (Å²) in [6.45, 7) is 5.63. The molecule has 4 nitrogen and oxygen atoms in total. The Morgan fingerprint density at radius 2 is 2.20 bits per heavy atom. The quantitative estimate of drug-likeness (QED) is 0.686. The van der Waals surface area contributed by atoms with Crippen LogP contribution in [0.1, 0.15) is 55.1 Å². The van der Waals surface area contributed by atoms with Crippen molar-refractivity contribution in [2.24, 2.45) is 11.8 Å². The van der Waals surface area contributed by atoms with E-state index >= 15 is 0 Å². The van der Waals surface area contributed by atoms with Crippen molar-refractivity contribution in [3.05, 3.63) is 29.5 Å². The summed E-state index contributed by atoms with van der Waals surface area (Å²) in [6, 6.07) is 5.97. The predicted molar refractivity (Wildman–Crippen MR) is 99.5 cm³/mol. The Labute approximate surface area is 149 Å². The zero-order valence-corrected chi connectivity index (χ0v) is 14.8. The lowest BCUT2D eigenvalue weighted by Gasteiger charge is -2.44. The lowest BCUT2D eigenvalue weighted by Crippen LogP contribution is -2.47. The number of rotatable bonds is 4. The molecular formula is C21H25N3O. The average molecular weight is 335 g/mol. The molecule has 3 fully saturated rings. The topological polar surface area (TPSA) is 49.0 Å². The fourth-order valence-electron chi connectivity index (χ4n) is 4.25. The van der Waals surface area contributed by atoms with Crippen LogP contribution in [0.5, 0.6) is 0 Å². The molecule has 4 heteroatoms. The molecule has 5 rings (SSSR count). The molecule has 1 aromatic heterocycles. The molecule has 25 heavy (non-hydrogen) atoms. The van der Waals surface area contributed by atoms with Crippen molar-refractivity contribution in [1.82, 2.24) is 15.1 Å². The van der Waals surface area contributed by atoms with Crippen LogP contribution >= 0.6 is 0 Å². The smallest absolute Gasteiger partial charge is 0.184 e. The van der Waals surface area contributed by atoms with Gasteiger partial charge in [-0.15, -0.1) is 0 Å². The van der Waals surface area contributed by atoms with Gasteiger partial charge >= 0.3 is 0 Å². The van der Waals surface area contributed by atoms with Gasteiger partial charge in [0.15, 0.2) is 5.78 Å². The van der Waals surface area contributed by atoms with Crippen molar-refractivity contribution in [2.45, 2.75) is 39.0 Å². The van der Waals surface area contributed by atoms with Gasteiger partial charge in [-0.05, 0) is 62.4 Å². The van der Waals surface area contributed by atoms with Crippen molar-refractivity contribution < 1.29 is 4.79 Å². The number of Topliss-reactive ketones (excluding diaryl/α,β-unsaturated/α-hetero) is 1. The number of piperidine rings is 3. The molecule has 2 aromatic rings. The summed E-state index contributed by atoms with van der Waals surface area (Å²) in [7, 11) is 0. The van der Waals surface area contributed by atoms with Gasteiger partial charge < -0.3 is 4.90 Å². The molecule has 3 aliphatic rings. The van der Waals surface area contributed by atoms with Gasteiger partial charge in [-0.25, -0.2) is 0 Å². The third kappa shape index (κ3) is 3.34. The minimum atomic E-state index is 0.176. The number of ketones is 1. The second-order valence-corrected chi connectivity index (χ2v) is 7.41. The van der Waals surface area contributed by atoms with E-state index in [1.807, 2.05) is 18.2 Å². The fraction of sp³-hybridized carbons (Fsp3) is 0.524. The Bertz CT molecular complexity index is 834. The minimum absolute atomic E-state index is 0.176. The van der Waals surface area contributed by atoms with Crippen LogP contribution in [0.3, 0.4) is 0 Å². The molecule has 0 aliphatic carbocycles. The first-order chi connectivity index (χ1) is 12.2. The predicted octanol–water partition coefficient (Wildman–Crippen LogP) is 3.63. The molecule has 0 amide bonds. The number of carbonyl (C=O) groups excluding carboxylic acids is 1. The lowest BCUT2D eigenvalue weighted by molar-refractivity contribution is 0.0440. The van der Waals surface area contributed by atoms with E-state index in [2.05, 4.69) is 33.9 Å². The lowest BCUT2D eigenvalue weighted by atomic mass is 9.76. The molecule has 1 atom stereocenters. The number of aromatic amines is 1. The van der Waals surface area contributed by atoms with Crippen LogP contribution < -0.4 is 0 Å². The van der Waals surface area contributed by atoms with Gasteiger partial charge in [0.05, 0.1) is 5.52 Å². The molecule has 4 heterocycles. The molecule has 0 radical (unpaired) electrons. The third-order valence-corrected chi connectivity index (χ3v) is 5.67. The number of hydrogen-bond acceptors (Lipinski definition) is 3. The summed E-state index contributed by atoms with van der Waals surface area (Å²) < 4.78 is 0. The van der Waals surface area contributed by atoms with Crippen molar-refractivity contribution in [1.29, 1.82) is 0 Å². The summed E-state index contributed by atoms with van der Waals surface area (Å²) in [5.74, 6) is 7.73. The summed E-state index contributed by atoms with van der Waals surface area (Å²) in [5, 5.41) is 8.27. The van der Waals surface area contributed by atoms with Crippen molar-refractivity contribution in [2.75, 3.05) is 19.6 Å². The van der Waals surface area contributed by atoms with Gasteiger partial charge in [-0.3, -0.25) is 9.89 Å². The number of H-pyrrole nitrogens is 1. The van der Waals surface area contributed by atoms with Crippen LogP contribution in [0.2, 0.25) is 0 Å². The van der Waals surface area contributed by atoms with Crippen LogP contribution in [0, 0.1) is 23.7 Å². The molecule has 1 aromatic carbocycles. The summed E-state index contributed by atoms with van der Waals surface area (Å²) in [5.41, 5.74) is 2.47. The van der Waals surface area contributed by atoms with Gasteiger partial charge in [-0.2, -0.15) is 5.10 Å². The van der Waals surface area contributed by atoms with E-state index in [4.69, 9.17) is 0 Å². The number of unbranched alkanes of at least 4 members (excludes halogenated alkanes) is 1. The van der Waals surface area contributed by atoms with Gasteiger partial charge in [-0.1, -0.05) is 18.8 Å². The Morgan fingerprint density at radius 3 is 2.92 bits per heavy atom. The Balaban J connectivity index is 1.51. The average Bonchev–Trinajstić information content (AvgIpc) is 3.06. The number of benzene rings is 1. The molecule has 0 saturated carbocycles. The Hall–Kier alpha value is -2.12. The number of nitrogens with one attached hydrogen (secondary N) is 1. The molecule has 130 valence electrons. The van der Waals surface area contributed by atoms with Gasteiger partial charge in [0.2, 0.25) is 0 Å².